The molecule has 0 saturated carbocycles. The van der Waals surface area contributed by atoms with Gasteiger partial charge in [0, 0.05) is 0 Å². The highest BCUT2D eigenvalue weighted by atomic mass is 16.7. The molecule has 2 aliphatic rings. The van der Waals surface area contributed by atoms with E-state index >= 15 is 0 Å². The SMILES string of the molecule is Cc1cccc(N2C(=O)[C@H]3[C@H](ON(c4ccccc4)[C@@H]3c3cc(C(C)(C)C)c(O)c(C(C)(C)C)c3)C2=O)c1. The summed E-state index contributed by atoms with van der Waals surface area (Å²) in [6, 6.07) is 20.4. The van der Waals surface area contributed by atoms with Crippen molar-refractivity contribution in [1.82, 2.24) is 0 Å². The number of hydrogen-bond acceptors (Lipinski definition) is 5. The van der Waals surface area contributed by atoms with Crippen LogP contribution >= 0.6 is 0 Å². The van der Waals surface area contributed by atoms with Gasteiger partial charge in [-0.1, -0.05) is 71.9 Å². The van der Waals surface area contributed by atoms with Crippen molar-refractivity contribution in [2.24, 2.45) is 5.92 Å². The Balaban J connectivity index is 1.70. The first-order valence-electron chi connectivity index (χ1n) is 13.1. The van der Waals surface area contributed by atoms with Crippen molar-refractivity contribution in [1.29, 1.82) is 0 Å². The molecule has 1 N–H and O–H groups in total. The molecule has 3 aromatic rings. The van der Waals surface area contributed by atoms with Crippen LogP contribution in [0.4, 0.5) is 11.4 Å². The predicted molar refractivity (Wildman–Crippen MR) is 149 cm³/mol. The van der Waals surface area contributed by atoms with Gasteiger partial charge in [0.15, 0.2) is 6.10 Å². The topological polar surface area (TPSA) is 70.1 Å². The van der Waals surface area contributed by atoms with E-state index in [0.717, 1.165) is 27.9 Å². The van der Waals surface area contributed by atoms with Crippen molar-refractivity contribution in [2.45, 2.75) is 71.4 Å². The third-order valence-electron chi connectivity index (χ3n) is 7.48. The molecule has 0 unspecified atom stereocenters. The van der Waals surface area contributed by atoms with E-state index in [2.05, 4.69) is 41.5 Å². The third-order valence-corrected chi connectivity index (χ3v) is 7.48. The van der Waals surface area contributed by atoms with Gasteiger partial charge in [-0.3, -0.25) is 14.4 Å². The molecule has 38 heavy (non-hydrogen) atoms. The van der Waals surface area contributed by atoms with Gasteiger partial charge in [0.1, 0.15) is 11.7 Å². The number of carbonyl (C=O) groups is 2. The van der Waals surface area contributed by atoms with Crippen LogP contribution in [0.2, 0.25) is 0 Å². The van der Waals surface area contributed by atoms with Gasteiger partial charge in [-0.2, -0.15) is 0 Å². The number of amides is 2. The maximum absolute atomic E-state index is 14.0. The average Bonchev–Trinajstić information content (AvgIpc) is 3.34. The molecule has 2 saturated heterocycles. The smallest absolute Gasteiger partial charge is 0.266 e. The predicted octanol–water partition coefficient (Wildman–Crippen LogP) is 6.35. The minimum atomic E-state index is -0.946. The van der Waals surface area contributed by atoms with Crippen LogP contribution in [-0.2, 0) is 25.3 Å². The molecule has 2 fully saturated rings. The van der Waals surface area contributed by atoms with E-state index in [4.69, 9.17) is 4.84 Å². The number of hydrogen-bond donors (Lipinski definition) is 1. The molecule has 0 aliphatic carbocycles. The van der Waals surface area contributed by atoms with E-state index in [9.17, 15) is 14.7 Å². The first kappa shape index (κ1) is 26.0. The molecular formula is C32H36N2O4. The van der Waals surface area contributed by atoms with Gasteiger partial charge in [0.05, 0.1) is 17.4 Å². The summed E-state index contributed by atoms with van der Waals surface area (Å²) in [5.74, 6) is -1.12. The Morgan fingerprint density at radius 2 is 1.34 bits per heavy atom. The summed E-state index contributed by atoms with van der Waals surface area (Å²) in [4.78, 5) is 35.3. The fraction of sp³-hybridized carbons (Fsp3) is 0.375. The van der Waals surface area contributed by atoms with Crippen LogP contribution in [-0.4, -0.2) is 23.0 Å². The summed E-state index contributed by atoms with van der Waals surface area (Å²) < 4.78 is 0. The van der Waals surface area contributed by atoms with Gasteiger partial charge in [0.25, 0.3) is 5.91 Å². The molecule has 0 radical (unpaired) electrons. The second kappa shape index (κ2) is 8.98. The Morgan fingerprint density at radius 1 is 0.763 bits per heavy atom. The summed E-state index contributed by atoms with van der Waals surface area (Å²) in [7, 11) is 0. The first-order chi connectivity index (χ1) is 17.8. The largest absolute Gasteiger partial charge is 0.507 e. The number of aryl methyl sites for hydroxylation is 1. The lowest BCUT2D eigenvalue weighted by molar-refractivity contribution is -0.126. The average molecular weight is 513 g/mol. The monoisotopic (exact) mass is 512 g/mol. The Hall–Kier alpha value is -3.64. The molecule has 3 aromatic carbocycles. The molecule has 2 aliphatic heterocycles. The van der Waals surface area contributed by atoms with Gasteiger partial charge < -0.3 is 5.11 Å². The molecule has 5 rings (SSSR count). The summed E-state index contributed by atoms with van der Waals surface area (Å²) in [5.41, 5.74) is 4.01. The summed E-state index contributed by atoms with van der Waals surface area (Å²) in [6.07, 6.45) is -0.946. The Labute approximate surface area is 224 Å². The Kier molecular flexibility index (Phi) is 6.14. The molecule has 3 atom stereocenters. The van der Waals surface area contributed by atoms with Crippen LogP contribution in [0, 0.1) is 12.8 Å². The second-order valence-corrected chi connectivity index (χ2v) is 12.5. The zero-order valence-corrected chi connectivity index (χ0v) is 23.1. The highest BCUT2D eigenvalue weighted by Crippen LogP contribution is 2.50. The zero-order chi connectivity index (χ0) is 27.6. The number of imide groups is 1. The van der Waals surface area contributed by atoms with E-state index in [1.807, 2.05) is 67.6 Å². The minimum absolute atomic E-state index is 0.269. The highest BCUT2D eigenvalue weighted by molar-refractivity contribution is 6.24. The molecule has 0 aromatic heterocycles. The number of anilines is 2. The summed E-state index contributed by atoms with van der Waals surface area (Å²) in [6.45, 7) is 14.3. The molecule has 6 heteroatoms. The van der Waals surface area contributed by atoms with Crippen molar-refractivity contribution in [3.05, 3.63) is 89.0 Å². The number of phenolic OH excluding ortho intramolecular Hbond substituents is 1. The number of fused-ring (bicyclic) bond motifs is 1. The van der Waals surface area contributed by atoms with E-state index < -0.39 is 18.1 Å². The van der Waals surface area contributed by atoms with Crippen LogP contribution in [0.5, 0.6) is 5.75 Å². The van der Waals surface area contributed by atoms with Crippen molar-refractivity contribution < 1.29 is 19.5 Å². The van der Waals surface area contributed by atoms with Crippen LogP contribution in [0.1, 0.15) is 69.8 Å². The molecule has 0 bridgehead atoms. The van der Waals surface area contributed by atoms with E-state index in [1.165, 1.54) is 4.90 Å². The highest BCUT2D eigenvalue weighted by Gasteiger charge is 2.60. The number of carbonyl (C=O) groups excluding carboxylic acids is 2. The number of para-hydroxylation sites is 1. The number of phenols is 1. The number of nitrogens with zero attached hydrogens (tertiary/aromatic N) is 2. The minimum Gasteiger partial charge on any atom is -0.507 e. The zero-order valence-electron chi connectivity index (χ0n) is 23.1. The van der Waals surface area contributed by atoms with Gasteiger partial charge in [-0.15, -0.1) is 0 Å². The van der Waals surface area contributed by atoms with Crippen molar-refractivity contribution >= 4 is 23.2 Å². The number of benzene rings is 3. The molecule has 2 amide bonds. The summed E-state index contributed by atoms with van der Waals surface area (Å²) in [5, 5.41) is 13.0. The van der Waals surface area contributed by atoms with Crippen molar-refractivity contribution in [2.75, 3.05) is 9.96 Å². The van der Waals surface area contributed by atoms with E-state index in [0.29, 0.717) is 5.69 Å². The first-order valence-corrected chi connectivity index (χ1v) is 13.1. The quantitative estimate of drug-likeness (QED) is 0.414. The molecule has 0 spiro atoms. The second-order valence-electron chi connectivity index (χ2n) is 12.5. The van der Waals surface area contributed by atoms with Gasteiger partial charge in [-0.25, -0.2) is 9.96 Å². The van der Waals surface area contributed by atoms with Gasteiger partial charge in [-0.05, 0) is 76.4 Å². The van der Waals surface area contributed by atoms with Crippen molar-refractivity contribution in [3.63, 3.8) is 0 Å². The normalized spacial score (nSPS) is 21.8. The standard InChI is InChI=1S/C32H36N2O4/c1-19-12-11-15-22(16-19)33-29(36)25-26(34(38-28(25)30(33)37)21-13-9-8-10-14-21)20-17-23(31(2,3)4)27(35)24(18-20)32(5,6)7/h8-18,25-26,28,35H,1-7H3/t25-,26-,28+/m1/s1. The lowest BCUT2D eigenvalue weighted by Gasteiger charge is -2.33. The summed E-state index contributed by atoms with van der Waals surface area (Å²) >= 11 is 0. The van der Waals surface area contributed by atoms with Crippen LogP contribution in [0.15, 0.2) is 66.7 Å². The number of hydroxylamine groups is 1. The van der Waals surface area contributed by atoms with E-state index in [-0.39, 0.29) is 28.4 Å². The van der Waals surface area contributed by atoms with Crippen LogP contribution in [0.3, 0.4) is 0 Å². The van der Waals surface area contributed by atoms with Gasteiger partial charge >= 0.3 is 0 Å². The van der Waals surface area contributed by atoms with Crippen LogP contribution < -0.4 is 9.96 Å². The lowest BCUT2D eigenvalue weighted by atomic mass is 9.76. The fourth-order valence-corrected chi connectivity index (χ4v) is 5.54. The lowest BCUT2D eigenvalue weighted by Crippen LogP contribution is -2.37. The fourth-order valence-electron chi connectivity index (χ4n) is 5.54. The maximum atomic E-state index is 14.0. The maximum Gasteiger partial charge on any atom is 0.266 e. The molecular weight excluding hydrogens is 476 g/mol. The van der Waals surface area contributed by atoms with Crippen LogP contribution in [0.25, 0.3) is 0 Å². The van der Waals surface area contributed by atoms with E-state index in [1.54, 1.807) is 11.1 Å². The molecule has 2 heterocycles. The Bertz CT molecular complexity index is 1370. The van der Waals surface area contributed by atoms with Gasteiger partial charge in [0.2, 0.25) is 5.91 Å². The Morgan fingerprint density at radius 3 is 1.89 bits per heavy atom. The van der Waals surface area contributed by atoms with Crippen molar-refractivity contribution in [3.8, 4) is 5.75 Å². The third kappa shape index (κ3) is 4.27. The number of rotatable bonds is 3. The number of aromatic hydroxyl groups is 1. The molecule has 6 nitrogen and oxygen atoms in total. The molecule has 198 valence electrons.